The van der Waals surface area contributed by atoms with Gasteiger partial charge in [-0.2, -0.15) is 0 Å². The maximum Gasteiger partial charge on any atom is 0.309 e. The van der Waals surface area contributed by atoms with Crippen LogP contribution < -0.4 is 0 Å². The third kappa shape index (κ3) is 20.7. The highest BCUT2D eigenvalue weighted by Crippen LogP contribution is 2.15. The Kier molecular flexibility index (Phi) is 28.7. The number of hydrogen-bond donors (Lipinski definition) is 0. The van der Waals surface area contributed by atoms with Crippen LogP contribution in [-0.4, -0.2) is 26.0 Å². The minimum absolute atomic E-state index is 0.190. The van der Waals surface area contributed by atoms with Crippen molar-refractivity contribution in [2.75, 3.05) is 13.2 Å². The molecule has 0 radical (unpaired) electrons. The zero-order valence-electron chi connectivity index (χ0n) is 20.1. The molecular formula is C25H46O4. The lowest BCUT2D eigenvalue weighted by Gasteiger charge is -2.09. The summed E-state index contributed by atoms with van der Waals surface area (Å²) in [6, 6.07) is 0. The Labute approximate surface area is 180 Å². The predicted octanol–water partition coefficient (Wildman–Crippen LogP) is 7.20. The van der Waals surface area contributed by atoms with Gasteiger partial charge in [0.05, 0.1) is 13.0 Å². The number of cyclic esters (lactones) is 1. The van der Waals surface area contributed by atoms with Gasteiger partial charge >= 0.3 is 5.97 Å². The van der Waals surface area contributed by atoms with Crippen LogP contribution in [0.4, 0.5) is 0 Å². The zero-order chi connectivity index (χ0) is 22.9. The normalized spacial score (nSPS) is 18.9. The molecule has 4 nitrogen and oxygen atoms in total. The van der Waals surface area contributed by atoms with Crippen molar-refractivity contribution >= 4 is 12.8 Å². The van der Waals surface area contributed by atoms with E-state index in [-0.39, 0.29) is 12.6 Å². The molecule has 4 heteroatoms. The van der Waals surface area contributed by atoms with E-state index in [0.717, 1.165) is 18.8 Å². The molecule has 0 amide bonds. The number of carbonyl (C=O) groups is 2. The average Bonchev–Trinajstić information content (AvgIpc) is 2.80. The van der Waals surface area contributed by atoms with Gasteiger partial charge in [-0.3, -0.25) is 4.79 Å². The first kappa shape index (κ1) is 31.8. The van der Waals surface area contributed by atoms with Gasteiger partial charge in [-0.25, -0.2) is 0 Å². The third-order valence-corrected chi connectivity index (χ3v) is 4.15. The van der Waals surface area contributed by atoms with Crippen LogP contribution >= 0.6 is 0 Å². The maximum absolute atomic E-state index is 11.6. The molecule has 0 fully saturated rings. The van der Waals surface area contributed by atoms with E-state index < -0.39 is 0 Å². The highest BCUT2D eigenvalue weighted by Gasteiger charge is 2.06. The summed E-state index contributed by atoms with van der Waals surface area (Å²) in [5, 5.41) is 0. The summed E-state index contributed by atoms with van der Waals surface area (Å²) in [7, 11) is 0. The molecule has 1 heterocycles. The van der Waals surface area contributed by atoms with Crippen molar-refractivity contribution in [2.45, 2.75) is 93.4 Å². The van der Waals surface area contributed by atoms with Gasteiger partial charge in [0.2, 0.25) is 0 Å². The molecule has 1 aliphatic rings. The molecule has 0 aliphatic carbocycles. The molecule has 0 spiro atoms. The summed E-state index contributed by atoms with van der Waals surface area (Å²) in [6.07, 6.45) is 15.7. The Balaban J connectivity index is -0.00000103. The fourth-order valence-electron chi connectivity index (χ4n) is 2.34. The van der Waals surface area contributed by atoms with E-state index in [0.29, 0.717) is 12.3 Å². The number of hydrogen-bond acceptors (Lipinski definition) is 4. The number of allylic oxidation sites excluding steroid dienone is 3. The van der Waals surface area contributed by atoms with Crippen LogP contribution in [-0.2, 0) is 19.1 Å². The van der Waals surface area contributed by atoms with Crippen molar-refractivity contribution in [2.24, 2.45) is 5.92 Å². The first-order valence-electron chi connectivity index (χ1n) is 11.3. The van der Waals surface area contributed by atoms with Crippen LogP contribution in [0.3, 0.4) is 0 Å². The topological polar surface area (TPSA) is 52.6 Å². The molecule has 29 heavy (non-hydrogen) atoms. The van der Waals surface area contributed by atoms with E-state index in [1.165, 1.54) is 37.7 Å². The standard InChI is InChI=1S/C20H32O3.2C2H6.CH2O/c1-4-5-6-7-8-9-15-22-19-12-10-17(2)18(3)11-13-20(21)23-16-14-19;3*1-2/h10-12,14,17H,4-9,13,15-16H2,1-3H3;2*1-2H3;1H2/b12-10-,18-11?,19-14+;;;. The van der Waals surface area contributed by atoms with Crippen molar-refractivity contribution < 1.29 is 19.1 Å². The summed E-state index contributed by atoms with van der Waals surface area (Å²) in [5.41, 5.74) is 1.18. The van der Waals surface area contributed by atoms with E-state index in [4.69, 9.17) is 14.3 Å². The van der Waals surface area contributed by atoms with Crippen LogP contribution in [0, 0.1) is 5.92 Å². The van der Waals surface area contributed by atoms with Gasteiger partial charge < -0.3 is 14.3 Å². The molecule has 0 saturated carbocycles. The second kappa shape index (κ2) is 26.2. The number of rotatable bonds is 8. The summed E-state index contributed by atoms with van der Waals surface area (Å²) in [5.74, 6) is 0.903. The monoisotopic (exact) mass is 410 g/mol. The predicted molar refractivity (Wildman–Crippen MR) is 125 cm³/mol. The van der Waals surface area contributed by atoms with Gasteiger partial charge in [0.15, 0.2) is 0 Å². The van der Waals surface area contributed by atoms with Crippen molar-refractivity contribution in [1.82, 2.24) is 0 Å². The Hall–Kier alpha value is -1.84. The molecule has 170 valence electrons. The molecule has 1 rings (SSSR count). The zero-order valence-corrected chi connectivity index (χ0v) is 20.1. The fourth-order valence-corrected chi connectivity index (χ4v) is 2.34. The largest absolute Gasteiger partial charge is 0.494 e. The lowest BCUT2D eigenvalue weighted by molar-refractivity contribution is -0.141. The van der Waals surface area contributed by atoms with Gasteiger partial charge in [0.25, 0.3) is 0 Å². The lowest BCUT2D eigenvalue weighted by atomic mass is 10.0. The van der Waals surface area contributed by atoms with E-state index >= 15 is 0 Å². The Morgan fingerprint density at radius 3 is 2.24 bits per heavy atom. The van der Waals surface area contributed by atoms with E-state index in [1.807, 2.05) is 59.6 Å². The molecule has 1 unspecified atom stereocenters. The second-order valence-corrected chi connectivity index (χ2v) is 6.21. The van der Waals surface area contributed by atoms with Gasteiger partial charge in [-0.15, -0.1) is 0 Å². The van der Waals surface area contributed by atoms with Crippen molar-refractivity contribution in [3.8, 4) is 0 Å². The van der Waals surface area contributed by atoms with Crippen molar-refractivity contribution in [1.29, 1.82) is 0 Å². The van der Waals surface area contributed by atoms with E-state index in [9.17, 15) is 4.79 Å². The molecular weight excluding hydrogens is 364 g/mol. The minimum Gasteiger partial charge on any atom is -0.494 e. The van der Waals surface area contributed by atoms with Crippen molar-refractivity contribution in [3.63, 3.8) is 0 Å². The van der Waals surface area contributed by atoms with Crippen LogP contribution in [0.15, 0.2) is 35.6 Å². The van der Waals surface area contributed by atoms with Gasteiger partial charge in [0, 0.05) is 0 Å². The first-order valence-corrected chi connectivity index (χ1v) is 11.3. The van der Waals surface area contributed by atoms with E-state index in [1.54, 1.807) is 0 Å². The first-order chi connectivity index (χ1) is 14.1. The Morgan fingerprint density at radius 2 is 1.62 bits per heavy atom. The Morgan fingerprint density at radius 1 is 1.03 bits per heavy atom. The SMILES string of the molecule is C=O.CC.CC.CCCCCCCCOC1=C/COC(=O)CC=C(C)C(C)/C=C\1. The summed E-state index contributed by atoms with van der Waals surface area (Å²) in [6.45, 7) is 17.4. The number of ether oxygens (including phenoxy) is 2. The maximum atomic E-state index is 11.6. The highest BCUT2D eigenvalue weighted by atomic mass is 16.5. The molecule has 0 aromatic heterocycles. The lowest BCUT2D eigenvalue weighted by Crippen LogP contribution is -2.04. The number of esters is 1. The molecule has 0 aromatic rings. The quantitative estimate of drug-likeness (QED) is 0.241. The molecule has 0 bridgehead atoms. The molecule has 0 aromatic carbocycles. The smallest absolute Gasteiger partial charge is 0.309 e. The minimum atomic E-state index is -0.190. The van der Waals surface area contributed by atoms with Crippen LogP contribution in [0.5, 0.6) is 0 Å². The number of unbranched alkanes of at least 4 members (excludes halogenated alkanes) is 5. The van der Waals surface area contributed by atoms with Crippen LogP contribution in [0.2, 0.25) is 0 Å². The summed E-state index contributed by atoms with van der Waals surface area (Å²) >= 11 is 0. The van der Waals surface area contributed by atoms with Gasteiger partial charge in [-0.1, -0.05) is 91.4 Å². The Bertz CT molecular complexity index is 450. The molecule has 1 atom stereocenters. The number of carbonyl (C=O) groups excluding carboxylic acids is 2. The second-order valence-electron chi connectivity index (χ2n) is 6.21. The highest BCUT2D eigenvalue weighted by molar-refractivity contribution is 5.71. The molecule has 1 aliphatic heterocycles. The summed E-state index contributed by atoms with van der Waals surface area (Å²) < 4.78 is 11.0. The molecule has 0 N–H and O–H groups in total. The van der Waals surface area contributed by atoms with Crippen LogP contribution in [0.25, 0.3) is 0 Å². The fraction of sp³-hybridized carbons (Fsp3) is 0.680. The molecule has 0 saturated heterocycles. The average molecular weight is 411 g/mol. The van der Waals surface area contributed by atoms with Crippen molar-refractivity contribution in [3.05, 3.63) is 35.6 Å². The summed E-state index contributed by atoms with van der Waals surface area (Å²) in [4.78, 5) is 19.6. The van der Waals surface area contributed by atoms with E-state index in [2.05, 4.69) is 19.9 Å². The van der Waals surface area contributed by atoms with Crippen LogP contribution in [0.1, 0.15) is 93.4 Å². The third-order valence-electron chi connectivity index (χ3n) is 4.15. The van der Waals surface area contributed by atoms with Gasteiger partial charge in [0.1, 0.15) is 19.2 Å². The van der Waals surface area contributed by atoms with Gasteiger partial charge in [-0.05, 0) is 31.4 Å².